The lowest BCUT2D eigenvalue weighted by atomic mass is 9.85. The zero-order valence-corrected chi connectivity index (χ0v) is 8.42. The molecule has 0 aromatic carbocycles. The van der Waals surface area contributed by atoms with Gasteiger partial charge in [-0.05, 0) is 34.7 Å². The van der Waals surface area contributed by atoms with Crippen LogP contribution in [0.1, 0.15) is 19.3 Å². The highest BCUT2D eigenvalue weighted by molar-refractivity contribution is 9.10. The standard InChI is InChI=1S/C8H12BrN3/c9-7-4-11-12(8(7)10)5-6-2-1-3-6/h4,6H,1-3,5,10H2. The lowest BCUT2D eigenvalue weighted by Gasteiger charge is -2.25. The van der Waals surface area contributed by atoms with Crippen molar-refractivity contribution < 1.29 is 0 Å². The van der Waals surface area contributed by atoms with E-state index in [2.05, 4.69) is 21.0 Å². The van der Waals surface area contributed by atoms with Gasteiger partial charge in [-0.2, -0.15) is 5.10 Å². The Balaban J connectivity index is 2.06. The van der Waals surface area contributed by atoms with Crippen molar-refractivity contribution in [1.82, 2.24) is 9.78 Å². The van der Waals surface area contributed by atoms with Crippen molar-refractivity contribution >= 4 is 21.7 Å². The minimum Gasteiger partial charge on any atom is -0.383 e. The lowest BCUT2D eigenvalue weighted by Crippen LogP contribution is -2.19. The average Bonchev–Trinajstić information content (AvgIpc) is 2.27. The van der Waals surface area contributed by atoms with Crippen molar-refractivity contribution in [2.45, 2.75) is 25.8 Å². The summed E-state index contributed by atoms with van der Waals surface area (Å²) in [6.45, 7) is 0.984. The minimum absolute atomic E-state index is 0.752. The smallest absolute Gasteiger partial charge is 0.136 e. The van der Waals surface area contributed by atoms with E-state index >= 15 is 0 Å². The third-order valence-corrected chi connectivity index (χ3v) is 3.10. The van der Waals surface area contributed by atoms with Gasteiger partial charge in [0.05, 0.1) is 10.7 Å². The number of nitrogen functional groups attached to an aromatic ring is 1. The van der Waals surface area contributed by atoms with Crippen LogP contribution >= 0.6 is 15.9 Å². The maximum Gasteiger partial charge on any atom is 0.136 e. The summed E-state index contributed by atoms with van der Waals surface area (Å²) >= 11 is 3.34. The van der Waals surface area contributed by atoms with E-state index in [1.54, 1.807) is 6.20 Å². The van der Waals surface area contributed by atoms with Crippen LogP contribution in [0.15, 0.2) is 10.7 Å². The van der Waals surface area contributed by atoms with Gasteiger partial charge in [0.1, 0.15) is 5.82 Å². The maximum absolute atomic E-state index is 5.78. The fraction of sp³-hybridized carbons (Fsp3) is 0.625. The van der Waals surface area contributed by atoms with Crippen molar-refractivity contribution in [3.63, 3.8) is 0 Å². The lowest BCUT2D eigenvalue weighted by molar-refractivity contribution is 0.268. The Bertz CT molecular complexity index is 278. The summed E-state index contributed by atoms with van der Waals surface area (Å²) in [7, 11) is 0. The van der Waals surface area contributed by atoms with Crippen LogP contribution in [0.4, 0.5) is 5.82 Å². The second-order valence-electron chi connectivity index (χ2n) is 3.36. The predicted octanol–water partition coefficient (Wildman–Crippen LogP) is 2.03. The SMILES string of the molecule is Nc1c(Br)cnn1CC1CCC1. The molecular weight excluding hydrogens is 218 g/mol. The summed E-state index contributed by atoms with van der Waals surface area (Å²) in [6.07, 6.45) is 5.79. The van der Waals surface area contributed by atoms with Gasteiger partial charge < -0.3 is 5.73 Å². The highest BCUT2D eigenvalue weighted by Gasteiger charge is 2.19. The molecule has 4 heteroatoms. The number of nitrogens with zero attached hydrogens (tertiary/aromatic N) is 2. The van der Waals surface area contributed by atoms with Gasteiger partial charge in [-0.3, -0.25) is 0 Å². The van der Waals surface area contributed by atoms with Gasteiger partial charge in [0, 0.05) is 6.54 Å². The first-order valence-corrected chi connectivity index (χ1v) is 5.03. The molecule has 0 spiro atoms. The van der Waals surface area contributed by atoms with Crippen LogP contribution in [-0.2, 0) is 6.54 Å². The van der Waals surface area contributed by atoms with E-state index in [9.17, 15) is 0 Å². The van der Waals surface area contributed by atoms with Crippen molar-refractivity contribution in [1.29, 1.82) is 0 Å². The Labute approximate surface area is 80.1 Å². The average molecular weight is 230 g/mol. The summed E-state index contributed by atoms with van der Waals surface area (Å²) in [4.78, 5) is 0. The number of hydrogen-bond donors (Lipinski definition) is 1. The van der Waals surface area contributed by atoms with E-state index < -0.39 is 0 Å². The Morgan fingerprint density at radius 1 is 1.67 bits per heavy atom. The zero-order valence-electron chi connectivity index (χ0n) is 6.83. The van der Waals surface area contributed by atoms with Gasteiger partial charge in [0.2, 0.25) is 0 Å². The molecule has 1 aromatic rings. The molecule has 0 bridgehead atoms. The fourth-order valence-corrected chi connectivity index (χ4v) is 1.73. The van der Waals surface area contributed by atoms with Crippen molar-refractivity contribution in [3.8, 4) is 0 Å². The molecule has 1 heterocycles. The Hall–Kier alpha value is -0.510. The molecule has 0 radical (unpaired) electrons. The second kappa shape index (κ2) is 3.09. The largest absolute Gasteiger partial charge is 0.383 e. The number of rotatable bonds is 2. The number of nitrogens with two attached hydrogens (primary N) is 1. The summed E-state index contributed by atoms with van der Waals surface area (Å²) in [5.74, 6) is 1.56. The molecule has 0 atom stereocenters. The molecule has 0 unspecified atom stereocenters. The Morgan fingerprint density at radius 3 is 2.83 bits per heavy atom. The van der Waals surface area contributed by atoms with Crippen LogP contribution in [0.25, 0.3) is 0 Å². The van der Waals surface area contributed by atoms with Gasteiger partial charge in [-0.25, -0.2) is 4.68 Å². The van der Waals surface area contributed by atoms with E-state index in [0.29, 0.717) is 0 Å². The zero-order chi connectivity index (χ0) is 8.55. The van der Waals surface area contributed by atoms with Crippen molar-refractivity contribution in [3.05, 3.63) is 10.7 Å². The molecule has 3 nitrogen and oxygen atoms in total. The summed E-state index contributed by atoms with van der Waals surface area (Å²) in [6, 6.07) is 0. The Morgan fingerprint density at radius 2 is 2.42 bits per heavy atom. The van der Waals surface area contributed by atoms with Crippen LogP contribution in [0.3, 0.4) is 0 Å². The molecule has 2 N–H and O–H groups in total. The van der Waals surface area contributed by atoms with E-state index in [1.807, 2.05) is 4.68 Å². The summed E-state index contributed by atoms with van der Waals surface area (Å²) in [5, 5.41) is 4.18. The molecule has 1 aliphatic rings. The highest BCUT2D eigenvalue weighted by Crippen LogP contribution is 2.29. The molecule has 1 aliphatic carbocycles. The molecular formula is C8H12BrN3. The van der Waals surface area contributed by atoms with Crippen molar-refractivity contribution in [2.75, 3.05) is 5.73 Å². The molecule has 12 heavy (non-hydrogen) atoms. The summed E-state index contributed by atoms with van der Waals surface area (Å²) < 4.78 is 2.79. The molecule has 0 amide bonds. The van der Waals surface area contributed by atoms with Gasteiger partial charge in [0.15, 0.2) is 0 Å². The molecule has 66 valence electrons. The third-order valence-electron chi connectivity index (χ3n) is 2.49. The topological polar surface area (TPSA) is 43.8 Å². The van der Waals surface area contributed by atoms with Gasteiger partial charge in [-0.15, -0.1) is 0 Å². The normalized spacial score (nSPS) is 17.8. The third kappa shape index (κ3) is 1.35. The fourth-order valence-electron chi connectivity index (χ4n) is 1.44. The van der Waals surface area contributed by atoms with Crippen LogP contribution in [0, 0.1) is 5.92 Å². The van der Waals surface area contributed by atoms with E-state index in [4.69, 9.17) is 5.73 Å². The van der Waals surface area contributed by atoms with Crippen LogP contribution in [-0.4, -0.2) is 9.78 Å². The first-order valence-electron chi connectivity index (χ1n) is 4.24. The first-order chi connectivity index (χ1) is 5.77. The first kappa shape index (κ1) is 8.10. The number of anilines is 1. The van der Waals surface area contributed by atoms with Gasteiger partial charge in [0.25, 0.3) is 0 Å². The summed E-state index contributed by atoms with van der Waals surface area (Å²) in [5.41, 5.74) is 5.78. The van der Waals surface area contributed by atoms with E-state index in [1.165, 1.54) is 19.3 Å². The molecule has 0 saturated heterocycles. The predicted molar refractivity (Wildman–Crippen MR) is 51.7 cm³/mol. The maximum atomic E-state index is 5.78. The van der Waals surface area contributed by atoms with Gasteiger partial charge >= 0.3 is 0 Å². The number of hydrogen-bond acceptors (Lipinski definition) is 2. The molecule has 2 rings (SSSR count). The van der Waals surface area contributed by atoms with Gasteiger partial charge in [-0.1, -0.05) is 6.42 Å². The molecule has 1 fully saturated rings. The van der Waals surface area contributed by atoms with E-state index in [0.717, 1.165) is 22.8 Å². The van der Waals surface area contributed by atoms with E-state index in [-0.39, 0.29) is 0 Å². The monoisotopic (exact) mass is 229 g/mol. The number of halogens is 1. The van der Waals surface area contributed by atoms with Crippen LogP contribution in [0.5, 0.6) is 0 Å². The Kier molecular flexibility index (Phi) is 2.09. The van der Waals surface area contributed by atoms with Crippen LogP contribution < -0.4 is 5.73 Å². The number of aromatic nitrogens is 2. The highest BCUT2D eigenvalue weighted by atomic mass is 79.9. The quantitative estimate of drug-likeness (QED) is 0.844. The van der Waals surface area contributed by atoms with Crippen molar-refractivity contribution in [2.24, 2.45) is 5.92 Å². The molecule has 1 aromatic heterocycles. The van der Waals surface area contributed by atoms with Crippen LogP contribution in [0.2, 0.25) is 0 Å². The molecule has 0 aliphatic heterocycles. The molecule has 1 saturated carbocycles. The minimum atomic E-state index is 0.752. The second-order valence-corrected chi connectivity index (χ2v) is 4.21.